The molecule has 1 fully saturated rings. The van der Waals surface area contributed by atoms with Crippen molar-refractivity contribution in [3.05, 3.63) is 22.7 Å². The normalized spacial score (nSPS) is 16.8. The number of benzene rings is 1. The van der Waals surface area contributed by atoms with Crippen LogP contribution in [0.1, 0.15) is 24.8 Å². The van der Waals surface area contributed by atoms with Crippen molar-refractivity contribution in [1.29, 1.82) is 0 Å². The number of rotatable bonds is 4. The highest BCUT2D eigenvalue weighted by Crippen LogP contribution is 2.52. The molecule has 1 saturated carbocycles. The van der Waals surface area contributed by atoms with E-state index < -0.39 is 11.4 Å². The highest BCUT2D eigenvalue weighted by molar-refractivity contribution is 6.32. The van der Waals surface area contributed by atoms with Crippen LogP contribution in [0.15, 0.2) is 12.1 Å². The van der Waals surface area contributed by atoms with E-state index in [1.807, 2.05) is 0 Å². The first-order valence-electron chi connectivity index (χ1n) is 5.71. The lowest BCUT2D eigenvalue weighted by atomic mass is 9.64. The van der Waals surface area contributed by atoms with Crippen LogP contribution in [0.3, 0.4) is 0 Å². The van der Waals surface area contributed by atoms with Gasteiger partial charge in [0.2, 0.25) is 0 Å². The summed E-state index contributed by atoms with van der Waals surface area (Å²) in [6.07, 6.45) is 2.04. The molecule has 1 N–H and O–H groups in total. The molecule has 5 heteroatoms. The van der Waals surface area contributed by atoms with Crippen molar-refractivity contribution in [2.24, 2.45) is 0 Å². The molecule has 0 radical (unpaired) electrons. The number of methoxy groups -OCH3 is 2. The van der Waals surface area contributed by atoms with Crippen molar-refractivity contribution < 1.29 is 19.4 Å². The number of ether oxygens (including phenoxy) is 2. The van der Waals surface area contributed by atoms with Crippen LogP contribution >= 0.6 is 11.6 Å². The number of hydrogen-bond donors (Lipinski definition) is 1. The molecule has 4 nitrogen and oxygen atoms in total. The number of halogens is 1. The van der Waals surface area contributed by atoms with E-state index in [1.54, 1.807) is 12.1 Å². The molecule has 1 aliphatic carbocycles. The summed E-state index contributed by atoms with van der Waals surface area (Å²) in [5.41, 5.74) is -0.375. The average molecular weight is 271 g/mol. The zero-order chi connectivity index (χ0) is 13.3. The Hall–Kier alpha value is -1.42. The summed E-state index contributed by atoms with van der Waals surface area (Å²) in [5.74, 6) is 0.0593. The molecule has 2 rings (SSSR count). The molecule has 0 spiro atoms. The maximum absolute atomic E-state index is 11.6. The van der Waals surface area contributed by atoms with Gasteiger partial charge in [-0.15, -0.1) is 0 Å². The SMILES string of the molecule is COc1ccc(Cl)c(OC)c1C1(C(=O)O)CCC1. The van der Waals surface area contributed by atoms with E-state index in [2.05, 4.69) is 0 Å². The lowest BCUT2D eigenvalue weighted by molar-refractivity contribution is -0.147. The summed E-state index contributed by atoms with van der Waals surface area (Å²) in [6.45, 7) is 0. The zero-order valence-corrected chi connectivity index (χ0v) is 11.1. The molecule has 1 aliphatic rings. The van der Waals surface area contributed by atoms with E-state index in [0.29, 0.717) is 34.9 Å². The molecule has 0 atom stereocenters. The van der Waals surface area contributed by atoms with Crippen LogP contribution in [-0.2, 0) is 10.2 Å². The van der Waals surface area contributed by atoms with Crippen molar-refractivity contribution in [2.75, 3.05) is 14.2 Å². The Morgan fingerprint density at radius 1 is 1.33 bits per heavy atom. The Morgan fingerprint density at radius 3 is 2.39 bits per heavy atom. The molecule has 0 bridgehead atoms. The van der Waals surface area contributed by atoms with E-state index >= 15 is 0 Å². The second-order valence-corrected chi connectivity index (χ2v) is 4.81. The van der Waals surface area contributed by atoms with E-state index in [4.69, 9.17) is 21.1 Å². The van der Waals surface area contributed by atoms with E-state index in [1.165, 1.54) is 14.2 Å². The van der Waals surface area contributed by atoms with Crippen LogP contribution in [0.25, 0.3) is 0 Å². The standard InChI is InChI=1S/C13H15ClO4/c1-17-9-5-4-8(14)11(18-2)10(9)13(12(15)16)6-3-7-13/h4-5H,3,6-7H2,1-2H3,(H,15,16). The quantitative estimate of drug-likeness (QED) is 0.914. The Morgan fingerprint density at radius 2 is 2.00 bits per heavy atom. The summed E-state index contributed by atoms with van der Waals surface area (Å²) >= 11 is 6.08. The first kappa shape index (κ1) is 13.0. The van der Waals surface area contributed by atoms with Crippen LogP contribution in [0.4, 0.5) is 0 Å². The fourth-order valence-electron chi connectivity index (χ4n) is 2.46. The molecular formula is C13H15ClO4. The van der Waals surface area contributed by atoms with Gasteiger partial charge in [-0.2, -0.15) is 0 Å². The molecule has 1 aromatic carbocycles. The zero-order valence-electron chi connectivity index (χ0n) is 10.3. The fraction of sp³-hybridized carbons (Fsp3) is 0.462. The number of hydrogen-bond acceptors (Lipinski definition) is 3. The van der Waals surface area contributed by atoms with E-state index in [-0.39, 0.29) is 0 Å². The first-order valence-corrected chi connectivity index (χ1v) is 6.09. The largest absolute Gasteiger partial charge is 0.496 e. The third kappa shape index (κ3) is 1.72. The molecule has 0 aromatic heterocycles. The minimum Gasteiger partial charge on any atom is -0.496 e. The molecule has 18 heavy (non-hydrogen) atoms. The third-order valence-corrected chi connectivity index (χ3v) is 3.89. The fourth-order valence-corrected chi connectivity index (χ4v) is 2.70. The van der Waals surface area contributed by atoms with Crippen LogP contribution in [0.2, 0.25) is 5.02 Å². The first-order chi connectivity index (χ1) is 8.56. The molecule has 1 aromatic rings. The van der Waals surface area contributed by atoms with Gasteiger partial charge >= 0.3 is 5.97 Å². The molecule has 0 amide bonds. The van der Waals surface area contributed by atoms with E-state index in [0.717, 1.165) is 6.42 Å². The van der Waals surface area contributed by atoms with Gasteiger partial charge in [0, 0.05) is 0 Å². The van der Waals surface area contributed by atoms with Crippen LogP contribution in [-0.4, -0.2) is 25.3 Å². The van der Waals surface area contributed by atoms with Gasteiger partial charge in [-0.3, -0.25) is 4.79 Å². The topological polar surface area (TPSA) is 55.8 Å². The van der Waals surface area contributed by atoms with Gasteiger partial charge < -0.3 is 14.6 Å². The lowest BCUT2D eigenvalue weighted by Gasteiger charge is -2.39. The van der Waals surface area contributed by atoms with Gasteiger partial charge in [0.25, 0.3) is 0 Å². The second kappa shape index (κ2) is 4.69. The predicted molar refractivity (Wildman–Crippen MR) is 67.7 cm³/mol. The molecule has 0 heterocycles. The predicted octanol–water partition coefficient (Wildman–Crippen LogP) is 2.86. The van der Waals surface area contributed by atoms with Gasteiger partial charge in [0.1, 0.15) is 11.5 Å². The minimum atomic E-state index is -0.929. The third-order valence-electron chi connectivity index (χ3n) is 3.59. The minimum absolute atomic E-state index is 0.401. The Balaban J connectivity index is 2.67. The number of carbonyl (C=O) groups is 1. The van der Waals surface area contributed by atoms with Crippen molar-refractivity contribution in [3.63, 3.8) is 0 Å². The number of aliphatic carboxylic acids is 1. The Labute approximate surface area is 110 Å². The summed E-state index contributed by atoms with van der Waals surface area (Å²) in [7, 11) is 3.00. The van der Waals surface area contributed by atoms with Crippen molar-refractivity contribution in [1.82, 2.24) is 0 Å². The van der Waals surface area contributed by atoms with Crippen molar-refractivity contribution >= 4 is 17.6 Å². The van der Waals surface area contributed by atoms with Gasteiger partial charge in [0.15, 0.2) is 0 Å². The Bertz CT molecular complexity index is 480. The second-order valence-electron chi connectivity index (χ2n) is 4.40. The summed E-state index contributed by atoms with van der Waals surface area (Å²) in [4.78, 5) is 11.6. The molecule has 98 valence electrons. The Kier molecular flexibility index (Phi) is 3.39. The average Bonchev–Trinajstić information content (AvgIpc) is 2.27. The van der Waals surface area contributed by atoms with Gasteiger partial charge in [0.05, 0.1) is 30.2 Å². The van der Waals surface area contributed by atoms with Crippen LogP contribution in [0, 0.1) is 0 Å². The van der Waals surface area contributed by atoms with Crippen molar-refractivity contribution in [3.8, 4) is 11.5 Å². The van der Waals surface area contributed by atoms with Crippen LogP contribution < -0.4 is 9.47 Å². The smallest absolute Gasteiger partial charge is 0.314 e. The van der Waals surface area contributed by atoms with Crippen molar-refractivity contribution in [2.45, 2.75) is 24.7 Å². The van der Waals surface area contributed by atoms with Crippen LogP contribution in [0.5, 0.6) is 11.5 Å². The molecule has 0 unspecified atom stereocenters. The highest BCUT2D eigenvalue weighted by atomic mass is 35.5. The lowest BCUT2D eigenvalue weighted by Crippen LogP contribution is -2.42. The summed E-state index contributed by atoms with van der Waals surface area (Å²) in [6, 6.07) is 3.33. The number of carboxylic acids is 1. The van der Waals surface area contributed by atoms with Gasteiger partial charge in [-0.25, -0.2) is 0 Å². The number of carboxylic acid groups (broad SMARTS) is 1. The maximum Gasteiger partial charge on any atom is 0.314 e. The molecular weight excluding hydrogens is 256 g/mol. The monoisotopic (exact) mass is 270 g/mol. The summed E-state index contributed by atoms with van der Waals surface area (Å²) in [5, 5.41) is 9.92. The maximum atomic E-state index is 11.6. The van der Waals surface area contributed by atoms with E-state index in [9.17, 15) is 9.90 Å². The molecule has 0 saturated heterocycles. The highest BCUT2D eigenvalue weighted by Gasteiger charge is 2.50. The molecule has 0 aliphatic heterocycles. The summed E-state index contributed by atoms with van der Waals surface area (Å²) < 4.78 is 10.5. The van der Waals surface area contributed by atoms with Gasteiger partial charge in [-0.05, 0) is 25.0 Å². The van der Waals surface area contributed by atoms with Gasteiger partial charge in [-0.1, -0.05) is 18.0 Å².